The van der Waals surface area contributed by atoms with Crippen molar-refractivity contribution in [2.75, 3.05) is 17.7 Å². The fourth-order valence-electron chi connectivity index (χ4n) is 2.13. The molecule has 0 bridgehead atoms. The van der Waals surface area contributed by atoms with Crippen LogP contribution in [0.4, 0.5) is 11.4 Å². The van der Waals surface area contributed by atoms with Crippen LogP contribution in [-0.4, -0.2) is 18.9 Å². The first-order chi connectivity index (χ1) is 11.4. The van der Waals surface area contributed by atoms with Gasteiger partial charge in [0.05, 0.1) is 12.7 Å². The summed E-state index contributed by atoms with van der Waals surface area (Å²) in [6.07, 6.45) is 0.394. The minimum atomic E-state index is -0.287. The first kappa shape index (κ1) is 18.0. The molecule has 2 amide bonds. The van der Waals surface area contributed by atoms with Crippen molar-refractivity contribution >= 4 is 39.1 Å². The quantitative estimate of drug-likeness (QED) is 0.796. The van der Waals surface area contributed by atoms with Gasteiger partial charge in [0, 0.05) is 22.3 Å². The number of anilines is 2. The van der Waals surface area contributed by atoms with Crippen molar-refractivity contribution in [2.45, 2.75) is 20.3 Å². The van der Waals surface area contributed by atoms with Crippen molar-refractivity contribution in [2.24, 2.45) is 0 Å². The van der Waals surface area contributed by atoms with E-state index in [1.165, 1.54) is 7.11 Å². The first-order valence-corrected chi connectivity index (χ1v) is 8.29. The molecule has 0 aromatic heterocycles. The lowest BCUT2D eigenvalue weighted by Crippen LogP contribution is -2.14. The molecule has 2 aromatic rings. The van der Waals surface area contributed by atoms with Gasteiger partial charge in [0.15, 0.2) is 0 Å². The molecular weight excluding hydrogens is 372 g/mol. The van der Waals surface area contributed by atoms with Gasteiger partial charge in [-0.25, -0.2) is 0 Å². The average Bonchev–Trinajstić information content (AvgIpc) is 2.57. The zero-order valence-electron chi connectivity index (χ0n) is 13.8. The van der Waals surface area contributed by atoms with Crippen LogP contribution in [0.3, 0.4) is 0 Å². The van der Waals surface area contributed by atoms with E-state index in [0.29, 0.717) is 29.1 Å². The van der Waals surface area contributed by atoms with Gasteiger partial charge in [0.2, 0.25) is 5.91 Å². The molecule has 126 valence electrons. The smallest absolute Gasteiger partial charge is 0.259 e. The molecule has 2 rings (SSSR count). The summed E-state index contributed by atoms with van der Waals surface area (Å²) in [5.41, 5.74) is 2.63. The van der Waals surface area contributed by atoms with Crippen LogP contribution in [0.5, 0.6) is 5.75 Å². The molecular formula is C18H19BrN2O3. The summed E-state index contributed by atoms with van der Waals surface area (Å²) in [5.74, 6) is 0.127. The van der Waals surface area contributed by atoms with Crippen molar-refractivity contribution in [1.29, 1.82) is 0 Å². The number of methoxy groups -OCH3 is 1. The number of carbonyl (C=O) groups excluding carboxylic acids is 2. The summed E-state index contributed by atoms with van der Waals surface area (Å²) in [4.78, 5) is 24.1. The Bertz CT molecular complexity index is 775. The number of hydrogen-bond acceptors (Lipinski definition) is 3. The van der Waals surface area contributed by atoms with Crippen LogP contribution in [0.1, 0.15) is 29.3 Å². The van der Waals surface area contributed by atoms with Gasteiger partial charge in [0.25, 0.3) is 5.91 Å². The Hall–Kier alpha value is -2.34. The Morgan fingerprint density at radius 1 is 1.12 bits per heavy atom. The third-order valence-electron chi connectivity index (χ3n) is 3.50. The van der Waals surface area contributed by atoms with Crippen molar-refractivity contribution < 1.29 is 14.3 Å². The van der Waals surface area contributed by atoms with E-state index in [2.05, 4.69) is 26.6 Å². The minimum Gasteiger partial charge on any atom is -0.496 e. The highest BCUT2D eigenvalue weighted by Gasteiger charge is 2.14. The topological polar surface area (TPSA) is 67.4 Å². The van der Waals surface area contributed by atoms with Crippen LogP contribution in [0.15, 0.2) is 40.9 Å². The van der Waals surface area contributed by atoms with E-state index in [9.17, 15) is 9.59 Å². The number of aryl methyl sites for hydroxylation is 1. The van der Waals surface area contributed by atoms with E-state index >= 15 is 0 Å². The van der Waals surface area contributed by atoms with Crippen LogP contribution in [-0.2, 0) is 4.79 Å². The lowest BCUT2D eigenvalue weighted by Gasteiger charge is -2.12. The number of amides is 2. The number of ether oxygens (including phenoxy) is 1. The Morgan fingerprint density at radius 2 is 1.88 bits per heavy atom. The SMILES string of the molecule is CCC(=O)Nc1cc(NC(=O)c2cc(Br)ccc2OC)ccc1C. The van der Waals surface area contributed by atoms with E-state index in [1.54, 1.807) is 37.3 Å². The molecule has 6 heteroatoms. The molecule has 0 aliphatic carbocycles. The summed E-state index contributed by atoms with van der Waals surface area (Å²) in [6.45, 7) is 3.68. The Morgan fingerprint density at radius 3 is 2.54 bits per heavy atom. The maximum absolute atomic E-state index is 12.5. The maximum Gasteiger partial charge on any atom is 0.259 e. The summed E-state index contributed by atoms with van der Waals surface area (Å²) in [6, 6.07) is 10.6. The highest BCUT2D eigenvalue weighted by Crippen LogP contribution is 2.25. The van der Waals surface area contributed by atoms with Crippen molar-refractivity contribution in [1.82, 2.24) is 0 Å². The highest BCUT2D eigenvalue weighted by atomic mass is 79.9. The Labute approximate surface area is 149 Å². The second-order valence-corrected chi connectivity index (χ2v) is 6.15. The van der Waals surface area contributed by atoms with Gasteiger partial charge in [0.1, 0.15) is 5.75 Å². The molecule has 5 nitrogen and oxygen atoms in total. The van der Waals surface area contributed by atoms with Crippen LogP contribution >= 0.6 is 15.9 Å². The first-order valence-electron chi connectivity index (χ1n) is 7.50. The molecule has 2 aromatic carbocycles. The fraction of sp³-hybridized carbons (Fsp3) is 0.222. The molecule has 0 saturated carbocycles. The Kier molecular flexibility index (Phi) is 5.98. The molecule has 0 saturated heterocycles. The van der Waals surface area contributed by atoms with Crippen LogP contribution in [0.2, 0.25) is 0 Å². The number of hydrogen-bond donors (Lipinski definition) is 2. The molecule has 0 aliphatic heterocycles. The van der Waals surface area contributed by atoms with Gasteiger partial charge in [-0.05, 0) is 42.8 Å². The number of benzene rings is 2. The van der Waals surface area contributed by atoms with Gasteiger partial charge in [-0.1, -0.05) is 28.9 Å². The molecule has 24 heavy (non-hydrogen) atoms. The van der Waals surface area contributed by atoms with Crippen molar-refractivity contribution in [3.05, 3.63) is 52.0 Å². The normalized spacial score (nSPS) is 10.2. The summed E-state index contributed by atoms with van der Waals surface area (Å²) < 4.78 is 6.02. The lowest BCUT2D eigenvalue weighted by molar-refractivity contribution is -0.115. The lowest BCUT2D eigenvalue weighted by atomic mass is 10.1. The molecule has 0 fully saturated rings. The maximum atomic E-state index is 12.5. The zero-order chi connectivity index (χ0) is 17.7. The number of rotatable bonds is 5. The van der Waals surface area contributed by atoms with Crippen LogP contribution in [0.25, 0.3) is 0 Å². The zero-order valence-corrected chi connectivity index (χ0v) is 15.4. The summed E-state index contributed by atoms with van der Waals surface area (Å²) >= 11 is 3.35. The standard InChI is InChI=1S/C18H19BrN2O3/c1-4-17(22)21-15-10-13(7-5-11(15)2)20-18(23)14-9-12(19)6-8-16(14)24-3/h5-10H,4H2,1-3H3,(H,20,23)(H,21,22). The highest BCUT2D eigenvalue weighted by molar-refractivity contribution is 9.10. The van der Waals surface area contributed by atoms with Crippen molar-refractivity contribution in [3.63, 3.8) is 0 Å². The summed E-state index contributed by atoms with van der Waals surface area (Å²) in [7, 11) is 1.52. The van der Waals surface area contributed by atoms with E-state index < -0.39 is 0 Å². The molecule has 0 aliphatic rings. The van der Waals surface area contributed by atoms with Gasteiger partial charge in [-0.2, -0.15) is 0 Å². The van der Waals surface area contributed by atoms with Crippen LogP contribution in [0, 0.1) is 6.92 Å². The van der Waals surface area contributed by atoms with Gasteiger partial charge in [-0.15, -0.1) is 0 Å². The van der Waals surface area contributed by atoms with E-state index in [1.807, 2.05) is 13.0 Å². The van der Waals surface area contributed by atoms with E-state index in [4.69, 9.17) is 4.74 Å². The summed E-state index contributed by atoms with van der Waals surface area (Å²) in [5, 5.41) is 5.65. The number of halogens is 1. The number of carbonyl (C=O) groups is 2. The molecule has 0 atom stereocenters. The largest absolute Gasteiger partial charge is 0.496 e. The van der Waals surface area contributed by atoms with E-state index in [0.717, 1.165) is 10.0 Å². The third kappa shape index (κ3) is 4.35. The second kappa shape index (κ2) is 7.97. The Balaban J connectivity index is 2.25. The number of nitrogens with one attached hydrogen (secondary N) is 2. The molecule has 2 N–H and O–H groups in total. The van der Waals surface area contributed by atoms with Gasteiger partial charge < -0.3 is 15.4 Å². The van der Waals surface area contributed by atoms with Crippen LogP contribution < -0.4 is 15.4 Å². The minimum absolute atomic E-state index is 0.0739. The molecule has 0 radical (unpaired) electrons. The molecule has 0 heterocycles. The average molecular weight is 391 g/mol. The van der Waals surface area contributed by atoms with Gasteiger partial charge >= 0.3 is 0 Å². The molecule has 0 spiro atoms. The fourth-order valence-corrected chi connectivity index (χ4v) is 2.49. The third-order valence-corrected chi connectivity index (χ3v) is 3.99. The van der Waals surface area contributed by atoms with E-state index in [-0.39, 0.29) is 11.8 Å². The molecule has 0 unspecified atom stereocenters. The predicted octanol–water partition coefficient (Wildman–Crippen LogP) is 4.37. The predicted molar refractivity (Wildman–Crippen MR) is 98.7 cm³/mol. The second-order valence-electron chi connectivity index (χ2n) is 5.23. The van der Waals surface area contributed by atoms with Crippen molar-refractivity contribution in [3.8, 4) is 5.75 Å². The monoisotopic (exact) mass is 390 g/mol. The van der Waals surface area contributed by atoms with Gasteiger partial charge in [-0.3, -0.25) is 9.59 Å².